The van der Waals surface area contributed by atoms with Crippen LogP contribution in [0.4, 0.5) is 5.69 Å². The Labute approximate surface area is 118 Å². The number of aromatic carboxylic acids is 1. The molecule has 0 amide bonds. The fraction of sp³-hybridized carbons (Fsp3) is 0. The molecule has 2 rings (SSSR count). The van der Waals surface area contributed by atoms with Crippen molar-refractivity contribution in [3.8, 4) is 0 Å². The summed E-state index contributed by atoms with van der Waals surface area (Å²) in [4.78, 5) is 10.4. The highest BCUT2D eigenvalue weighted by Gasteiger charge is 1.99. The molecule has 3 nitrogen and oxygen atoms in total. The molecule has 3 heteroatoms. The van der Waals surface area contributed by atoms with Crippen molar-refractivity contribution in [2.24, 2.45) is 0 Å². The van der Waals surface area contributed by atoms with Gasteiger partial charge in [0.15, 0.2) is 0 Å². The van der Waals surface area contributed by atoms with Crippen LogP contribution in [0.3, 0.4) is 0 Å². The average molecular weight is 267 g/mol. The Bertz CT molecular complexity index is 583. The van der Waals surface area contributed by atoms with Gasteiger partial charge in [-0.25, -0.2) is 4.79 Å². The van der Waals surface area contributed by atoms with E-state index in [0.29, 0.717) is 5.56 Å². The van der Waals surface area contributed by atoms with Gasteiger partial charge in [-0.15, -0.1) is 0 Å². The Morgan fingerprint density at radius 3 is 1.65 bits per heavy atom. The molecule has 2 aromatic carbocycles. The molecular formula is C17H17NO2. The molecule has 0 aliphatic heterocycles. The molecule has 0 radical (unpaired) electrons. The maximum absolute atomic E-state index is 10.4. The maximum atomic E-state index is 10.4. The fourth-order valence-electron chi connectivity index (χ4n) is 1.39. The standard InChI is InChI=1S/C9H8O2.C8H9N/c1-2-7-3-5-8(6-4-7)9(10)11;1-2-7-3-5-8(9)6-4-7/h2-6H,1H2,(H,10,11);2-6H,1,9H2. The minimum absolute atomic E-state index is 0.301. The molecule has 0 aliphatic rings. The number of nitrogens with two attached hydrogens (primary N) is 1. The zero-order valence-corrected chi connectivity index (χ0v) is 11.1. The summed E-state index contributed by atoms with van der Waals surface area (Å²) in [5.74, 6) is -0.902. The molecule has 0 spiro atoms. The van der Waals surface area contributed by atoms with Crippen LogP contribution in [0.15, 0.2) is 61.7 Å². The van der Waals surface area contributed by atoms with Crippen LogP contribution in [-0.4, -0.2) is 11.1 Å². The molecule has 0 atom stereocenters. The summed E-state index contributed by atoms with van der Waals surface area (Å²) in [6.45, 7) is 7.18. The summed E-state index contributed by atoms with van der Waals surface area (Å²) < 4.78 is 0. The van der Waals surface area contributed by atoms with Crippen LogP contribution < -0.4 is 5.73 Å². The van der Waals surface area contributed by atoms with E-state index in [2.05, 4.69) is 13.2 Å². The number of carbonyl (C=O) groups is 1. The van der Waals surface area contributed by atoms with E-state index in [9.17, 15) is 4.79 Å². The summed E-state index contributed by atoms with van der Waals surface area (Å²) in [5, 5.41) is 8.52. The lowest BCUT2D eigenvalue weighted by Gasteiger charge is -1.93. The Balaban J connectivity index is 0.000000204. The largest absolute Gasteiger partial charge is 0.478 e. The quantitative estimate of drug-likeness (QED) is 0.828. The van der Waals surface area contributed by atoms with Crippen LogP contribution in [-0.2, 0) is 0 Å². The zero-order chi connectivity index (χ0) is 15.0. The molecule has 0 saturated heterocycles. The van der Waals surface area contributed by atoms with Crippen molar-refractivity contribution in [3.05, 3.63) is 78.4 Å². The molecule has 20 heavy (non-hydrogen) atoms. The number of carboxylic acid groups (broad SMARTS) is 1. The van der Waals surface area contributed by atoms with Gasteiger partial charge in [-0.2, -0.15) is 0 Å². The van der Waals surface area contributed by atoms with Gasteiger partial charge in [0.05, 0.1) is 5.56 Å². The predicted octanol–water partition coefficient (Wildman–Crippen LogP) is 3.94. The van der Waals surface area contributed by atoms with Crippen LogP contribution >= 0.6 is 0 Å². The molecule has 0 aromatic heterocycles. The van der Waals surface area contributed by atoms with Gasteiger partial charge in [-0.05, 0) is 35.4 Å². The van der Waals surface area contributed by atoms with E-state index >= 15 is 0 Å². The minimum Gasteiger partial charge on any atom is -0.478 e. The lowest BCUT2D eigenvalue weighted by Crippen LogP contribution is -1.94. The van der Waals surface area contributed by atoms with Crippen LogP contribution in [0.5, 0.6) is 0 Å². The first-order valence-electron chi connectivity index (χ1n) is 6.00. The molecule has 0 bridgehead atoms. The highest BCUT2D eigenvalue weighted by Crippen LogP contribution is 2.05. The van der Waals surface area contributed by atoms with Gasteiger partial charge < -0.3 is 10.8 Å². The Morgan fingerprint density at radius 1 is 0.900 bits per heavy atom. The van der Waals surface area contributed by atoms with Crippen LogP contribution in [0.25, 0.3) is 12.2 Å². The lowest BCUT2D eigenvalue weighted by molar-refractivity contribution is 0.0697. The van der Waals surface area contributed by atoms with E-state index in [1.807, 2.05) is 24.3 Å². The third-order valence-corrected chi connectivity index (χ3v) is 2.57. The van der Waals surface area contributed by atoms with E-state index in [1.165, 1.54) is 0 Å². The van der Waals surface area contributed by atoms with Gasteiger partial charge in [0.1, 0.15) is 0 Å². The van der Waals surface area contributed by atoms with E-state index in [0.717, 1.165) is 16.8 Å². The normalized spacial score (nSPS) is 9.00. The predicted molar refractivity (Wildman–Crippen MR) is 84.4 cm³/mol. The first-order valence-corrected chi connectivity index (χ1v) is 6.00. The van der Waals surface area contributed by atoms with Gasteiger partial charge in [0.25, 0.3) is 0 Å². The number of nitrogen functional groups attached to an aromatic ring is 1. The van der Waals surface area contributed by atoms with E-state index < -0.39 is 5.97 Å². The van der Waals surface area contributed by atoms with E-state index in [1.54, 1.807) is 36.4 Å². The average Bonchev–Trinajstić information content (AvgIpc) is 2.49. The maximum Gasteiger partial charge on any atom is 0.335 e. The van der Waals surface area contributed by atoms with Crippen molar-refractivity contribution >= 4 is 23.8 Å². The summed E-state index contributed by atoms with van der Waals surface area (Å²) in [6, 6.07) is 14.1. The summed E-state index contributed by atoms with van der Waals surface area (Å²) in [6.07, 6.45) is 3.46. The molecule has 0 heterocycles. The minimum atomic E-state index is -0.902. The molecule has 2 aromatic rings. The first kappa shape index (κ1) is 15.2. The number of anilines is 1. The fourth-order valence-corrected chi connectivity index (χ4v) is 1.39. The van der Waals surface area contributed by atoms with Crippen molar-refractivity contribution in [1.29, 1.82) is 0 Å². The second-order valence-corrected chi connectivity index (χ2v) is 4.00. The van der Waals surface area contributed by atoms with Gasteiger partial charge in [-0.3, -0.25) is 0 Å². The third-order valence-electron chi connectivity index (χ3n) is 2.57. The van der Waals surface area contributed by atoms with Crippen LogP contribution in [0, 0.1) is 0 Å². The Morgan fingerprint density at radius 2 is 1.30 bits per heavy atom. The number of hydrogen-bond acceptors (Lipinski definition) is 2. The Kier molecular flexibility index (Phi) is 5.78. The van der Waals surface area contributed by atoms with Crippen molar-refractivity contribution in [3.63, 3.8) is 0 Å². The molecule has 0 unspecified atom stereocenters. The van der Waals surface area contributed by atoms with Gasteiger partial charge >= 0.3 is 5.97 Å². The van der Waals surface area contributed by atoms with Gasteiger partial charge in [0.2, 0.25) is 0 Å². The van der Waals surface area contributed by atoms with Crippen molar-refractivity contribution in [2.75, 3.05) is 5.73 Å². The van der Waals surface area contributed by atoms with Gasteiger partial charge in [0, 0.05) is 5.69 Å². The third kappa shape index (κ3) is 4.82. The first-order chi connectivity index (χ1) is 9.56. The zero-order valence-electron chi connectivity index (χ0n) is 11.1. The second-order valence-electron chi connectivity index (χ2n) is 4.00. The topological polar surface area (TPSA) is 63.3 Å². The molecular weight excluding hydrogens is 250 g/mol. The monoisotopic (exact) mass is 267 g/mol. The number of rotatable bonds is 3. The van der Waals surface area contributed by atoms with Crippen LogP contribution in [0.1, 0.15) is 21.5 Å². The molecule has 0 fully saturated rings. The Hall–Kier alpha value is -2.81. The van der Waals surface area contributed by atoms with E-state index in [-0.39, 0.29) is 0 Å². The smallest absolute Gasteiger partial charge is 0.335 e. The van der Waals surface area contributed by atoms with Crippen LogP contribution in [0.2, 0.25) is 0 Å². The van der Waals surface area contributed by atoms with Gasteiger partial charge in [-0.1, -0.05) is 49.6 Å². The van der Waals surface area contributed by atoms with Crippen molar-refractivity contribution in [1.82, 2.24) is 0 Å². The van der Waals surface area contributed by atoms with E-state index in [4.69, 9.17) is 10.8 Å². The number of benzene rings is 2. The summed E-state index contributed by atoms with van der Waals surface area (Å²) >= 11 is 0. The second kappa shape index (κ2) is 7.59. The SMILES string of the molecule is C=Cc1ccc(C(=O)O)cc1.C=Cc1ccc(N)cc1. The molecule has 0 saturated carbocycles. The highest BCUT2D eigenvalue weighted by molar-refractivity contribution is 5.87. The molecule has 0 aliphatic carbocycles. The lowest BCUT2D eigenvalue weighted by atomic mass is 10.1. The van der Waals surface area contributed by atoms with Crippen molar-refractivity contribution in [2.45, 2.75) is 0 Å². The summed E-state index contributed by atoms with van der Waals surface area (Å²) in [7, 11) is 0. The molecule has 3 N–H and O–H groups in total. The molecule has 102 valence electrons. The van der Waals surface area contributed by atoms with Crippen molar-refractivity contribution < 1.29 is 9.90 Å². The number of carboxylic acids is 1. The highest BCUT2D eigenvalue weighted by atomic mass is 16.4. The summed E-state index contributed by atoms with van der Waals surface area (Å²) in [5.41, 5.74) is 8.57. The number of hydrogen-bond donors (Lipinski definition) is 2.